The molecule has 0 radical (unpaired) electrons. The fourth-order valence-corrected chi connectivity index (χ4v) is 5.10. The van der Waals surface area contributed by atoms with Crippen molar-refractivity contribution in [1.82, 2.24) is 9.97 Å². The third-order valence-corrected chi connectivity index (χ3v) is 7.14. The Morgan fingerprint density at radius 2 is 1.53 bits per heavy atom. The van der Waals surface area contributed by atoms with E-state index < -0.39 is 0 Å². The zero-order valence-corrected chi connectivity index (χ0v) is 21.4. The van der Waals surface area contributed by atoms with E-state index in [0.717, 1.165) is 38.7 Å². The second-order valence-corrected chi connectivity index (χ2v) is 9.44. The van der Waals surface area contributed by atoms with Gasteiger partial charge < -0.3 is 19.5 Å². The number of fused-ring (bicyclic) bond motifs is 1. The number of rotatable bonds is 8. The summed E-state index contributed by atoms with van der Waals surface area (Å²) in [7, 11) is 3.25. The van der Waals surface area contributed by atoms with Gasteiger partial charge in [-0.2, -0.15) is 0 Å². The van der Waals surface area contributed by atoms with Crippen LogP contribution in [0.25, 0.3) is 21.3 Å². The first kappa shape index (κ1) is 23.6. The second kappa shape index (κ2) is 10.3. The molecule has 0 saturated carbocycles. The van der Waals surface area contributed by atoms with Crippen LogP contribution in [0.15, 0.2) is 78.9 Å². The molecule has 1 N–H and O–H groups in total. The van der Waals surface area contributed by atoms with E-state index in [4.69, 9.17) is 14.2 Å². The molecule has 1 atom stereocenters. The molecular formula is C29H27N3O3S. The maximum Gasteiger partial charge on any atom is 0.162 e. The van der Waals surface area contributed by atoms with Crippen LogP contribution in [0, 0.1) is 6.92 Å². The van der Waals surface area contributed by atoms with Crippen molar-refractivity contribution in [3.63, 3.8) is 0 Å². The van der Waals surface area contributed by atoms with Crippen molar-refractivity contribution in [1.29, 1.82) is 0 Å². The van der Waals surface area contributed by atoms with Gasteiger partial charge in [0.15, 0.2) is 11.5 Å². The molecule has 3 aromatic carbocycles. The standard InChI is InChI=1S/C29H27N3O3S/c1-18(30-29-22-16-25(33-3)26(34-4)17-23(22)31-19(2)32-29)27-14-15-28(36-27)21-12-8-9-13-24(21)35-20-10-6-5-7-11-20/h5-18H,1-4H3,(H,30,31,32)/t18-/m0/s1. The Hall–Kier alpha value is -4.10. The lowest BCUT2D eigenvalue weighted by Gasteiger charge is -2.16. The predicted molar refractivity (Wildman–Crippen MR) is 146 cm³/mol. The zero-order chi connectivity index (χ0) is 25.1. The summed E-state index contributed by atoms with van der Waals surface area (Å²) in [4.78, 5) is 11.6. The van der Waals surface area contributed by atoms with Gasteiger partial charge in [0.05, 0.1) is 25.8 Å². The quantitative estimate of drug-likeness (QED) is 0.237. The summed E-state index contributed by atoms with van der Waals surface area (Å²) in [5.41, 5.74) is 1.86. The number of para-hydroxylation sites is 2. The van der Waals surface area contributed by atoms with Gasteiger partial charge >= 0.3 is 0 Å². The van der Waals surface area contributed by atoms with Gasteiger partial charge in [0.25, 0.3) is 0 Å². The Morgan fingerprint density at radius 1 is 0.806 bits per heavy atom. The molecule has 7 heteroatoms. The van der Waals surface area contributed by atoms with Crippen molar-refractivity contribution in [2.24, 2.45) is 0 Å². The highest BCUT2D eigenvalue weighted by Crippen LogP contribution is 2.40. The second-order valence-electron chi connectivity index (χ2n) is 8.32. The first-order valence-electron chi connectivity index (χ1n) is 11.6. The average molecular weight is 498 g/mol. The average Bonchev–Trinajstić information content (AvgIpc) is 3.39. The molecule has 0 fully saturated rings. The van der Waals surface area contributed by atoms with Crippen LogP contribution in [-0.2, 0) is 0 Å². The molecular weight excluding hydrogens is 470 g/mol. The lowest BCUT2D eigenvalue weighted by molar-refractivity contribution is 0.356. The molecule has 0 bridgehead atoms. The molecule has 5 rings (SSSR count). The highest BCUT2D eigenvalue weighted by Gasteiger charge is 2.17. The number of hydrogen-bond acceptors (Lipinski definition) is 7. The van der Waals surface area contributed by atoms with Gasteiger partial charge in [-0.3, -0.25) is 0 Å². The number of anilines is 1. The molecule has 0 aliphatic carbocycles. The molecule has 5 aromatic rings. The molecule has 0 unspecified atom stereocenters. The van der Waals surface area contributed by atoms with Crippen LogP contribution in [-0.4, -0.2) is 24.2 Å². The van der Waals surface area contributed by atoms with Gasteiger partial charge in [-0.1, -0.05) is 30.3 Å². The molecule has 0 aliphatic heterocycles. The van der Waals surface area contributed by atoms with Crippen LogP contribution in [0.5, 0.6) is 23.0 Å². The Balaban J connectivity index is 1.43. The highest BCUT2D eigenvalue weighted by molar-refractivity contribution is 7.15. The van der Waals surface area contributed by atoms with E-state index in [1.54, 1.807) is 25.6 Å². The Labute approximate surface area is 214 Å². The largest absolute Gasteiger partial charge is 0.493 e. The minimum Gasteiger partial charge on any atom is -0.493 e. The Bertz CT molecular complexity index is 1500. The molecule has 2 aromatic heterocycles. The van der Waals surface area contributed by atoms with Crippen LogP contribution < -0.4 is 19.5 Å². The first-order chi connectivity index (χ1) is 17.6. The molecule has 0 saturated heterocycles. The summed E-state index contributed by atoms with van der Waals surface area (Å²) in [6.07, 6.45) is 0. The normalized spacial score (nSPS) is 11.8. The van der Waals surface area contributed by atoms with E-state index in [1.807, 2.05) is 67.6 Å². The predicted octanol–water partition coefficient (Wildman–Crippen LogP) is 7.65. The Kier molecular flexibility index (Phi) is 6.73. The van der Waals surface area contributed by atoms with Gasteiger partial charge in [0, 0.05) is 26.8 Å². The van der Waals surface area contributed by atoms with Crippen molar-refractivity contribution in [3.05, 3.63) is 89.6 Å². The number of hydrogen-bond donors (Lipinski definition) is 1. The Morgan fingerprint density at radius 3 is 2.31 bits per heavy atom. The van der Waals surface area contributed by atoms with E-state index >= 15 is 0 Å². The summed E-state index contributed by atoms with van der Waals surface area (Å²) in [6, 6.07) is 26.1. The molecule has 182 valence electrons. The number of nitrogens with zero attached hydrogens (tertiary/aromatic N) is 2. The molecule has 0 amide bonds. The van der Waals surface area contributed by atoms with E-state index in [-0.39, 0.29) is 6.04 Å². The van der Waals surface area contributed by atoms with Crippen LogP contribution in [0.1, 0.15) is 23.7 Å². The van der Waals surface area contributed by atoms with E-state index in [9.17, 15) is 0 Å². The first-order valence-corrected chi connectivity index (χ1v) is 12.5. The number of thiophene rings is 1. The monoisotopic (exact) mass is 497 g/mol. The van der Waals surface area contributed by atoms with Crippen molar-refractivity contribution in [2.45, 2.75) is 19.9 Å². The van der Waals surface area contributed by atoms with Crippen molar-refractivity contribution < 1.29 is 14.2 Å². The van der Waals surface area contributed by atoms with Gasteiger partial charge in [0.1, 0.15) is 23.1 Å². The van der Waals surface area contributed by atoms with Crippen molar-refractivity contribution in [2.75, 3.05) is 19.5 Å². The topological polar surface area (TPSA) is 65.5 Å². The van der Waals surface area contributed by atoms with Crippen molar-refractivity contribution >= 4 is 28.1 Å². The number of aromatic nitrogens is 2. The van der Waals surface area contributed by atoms with Crippen molar-refractivity contribution in [3.8, 4) is 33.4 Å². The molecule has 36 heavy (non-hydrogen) atoms. The lowest BCUT2D eigenvalue weighted by atomic mass is 10.1. The summed E-state index contributed by atoms with van der Waals surface area (Å²) in [6.45, 7) is 4.02. The van der Waals surface area contributed by atoms with E-state index in [0.29, 0.717) is 17.3 Å². The zero-order valence-electron chi connectivity index (χ0n) is 20.6. The molecule has 6 nitrogen and oxygen atoms in total. The lowest BCUT2D eigenvalue weighted by Crippen LogP contribution is -2.08. The van der Waals surface area contributed by atoms with Crippen LogP contribution in [0.2, 0.25) is 0 Å². The smallest absolute Gasteiger partial charge is 0.162 e. The summed E-state index contributed by atoms with van der Waals surface area (Å²) >= 11 is 1.73. The van der Waals surface area contributed by atoms with Gasteiger partial charge in [-0.05, 0) is 56.3 Å². The maximum atomic E-state index is 6.18. The van der Waals surface area contributed by atoms with Gasteiger partial charge in [-0.25, -0.2) is 9.97 Å². The van der Waals surface area contributed by atoms with E-state index in [2.05, 4.69) is 40.4 Å². The van der Waals surface area contributed by atoms with Gasteiger partial charge in [0.2, 0.25) is 0 Å². The fourth-order valence-electron chi connectivity index (χ4n) is 4.06. The third kappa shape index (κ3) is 4.83. The molecule has 0 aliphatic rings. The third-order valence-electron chi connectivity index (χ3n) is 5.84. The van der Waals surface area contributed by atoms with Crippen LogP contribution in [0.4, 0.5) is 5.82 Å². The fraction of sp³-hybridized carbons (Fsp3) is 0.172. The summed E-state index contributed by atoms with van der Waals surface area (Å²) in [5.74, 6) is 4.37. The number of benzene rings is 3. The maximum absolute atomic E-state index is 6.18. The minimum atomic E-state index is 0.0246. The number of aryl methyl sites for hydroxylation is 1. The highest BCUT2D eigenvalue weighted by atomic mass is 32.1. The van der Waals surface area contributed by atoms with Gasteiger partial charge in [-0.15, -0.1) is 11.3 Å². The van der Waals surface area contributed by atoms with E-state index in [1.165, 1.54) is 4.88 Å². The number of methoxy groups -OCH3 is 2. The van der Waals surface area contributed by atoms with Crippen LogP contribution in [0.3, 0.4) is 0 Å². The minimum absolute atomic E-state index is 0.0246. The number of ether oxygens (including phenoxy) is 3. The summed E-state index contributed by atoms with van der Waals surface area (Å²) < 4.78 is 17.1. The SMILES string of the molecule is COc1cc2nc(C)nc(N[C@@H](C)c3ccc(-c4ccccc4Oc4ccccc4)s3)c2cc1OC. The molecule has 0 spiro atoms. The molecule has 2 heterocycles. The summed E-state index contributed by atoms with van der Waals surface area (Å²) in [5, 5.41) is 4.46. The number of nitrogens with one attached hydrogen (secondary N) is 1. The van der Waals surface area contributed by atoms with Crippen LogP contribution >= 0.6 is 11.3 Å².